The summed E-state index contributed by atoms with van der Waals surface area (Å²) in [6.07, 6.45) is -1.37. The van der Waals surface area contributed by atoms with Crippen LogP contribution in [0, 0.1) is 0 Å². The lowest BCUT2D eigenvalue weighted by Gasteiger charge is -2.47. The van der Waals surface area contributed by atoms with Gasteiger partial charge in [-0.25, -0.2) is 13.2 Å². The van der Waals surface area contributed by atoms with Gasteiger partial charge in [0.25, 0.3) is 11.1 Å². The number of rotatable bonds is 0. The summed E-state index contributed by atoms with van der Waals surface area (Å²) in [6.45, 7) is 0. The fourth-order valence-electron chi connectivity index (χ4n) is 1.09. The molecule has 0 nitrogen and oxygen atoms in total. The van der Waals surface area contributed by atoms with E-state index in [-0.39, 0.29) is 0 Å². The maximum atomic E-state index is 13.5. The van der Waals surface area contributed by atoms with Crippen LogP contribution in [0.25, 0.3) is 0 Å². The SMILES string of the molecule is FC1(F)CCC(Cl)(Cl)C(Cl)(Cl)C1(F)Cl. The summed E-state index contributed by atoms with van der Waals surface area (Å²) in [5.41, 5.74) is 0. The van der Waals surface area contributed by atoms with Crippen molar-refractivity contribution in [2.45, 2.75) is 32.6 Å². The molecule has 84 valence electrons. The second-order valence-corrected chi connectivity index (χ2v) is 6.39. The normalized spacial score (nSPS) is 39.4. The fraction of sp³-hybridized carbons (Fsp3) is 1.00. The van der Waals surface area contributed by atoms with E-state index < -0.39 is 32.6 Å². The standard InChI is InChI=1S/C6H4Cl5F3/c7-3(8)1-2-4(12,13)6(11,14)5(3,9)10/h1-2H2. The van der Waals surface area contributed by atoms with E-state index in [1.165, 1.54) is 0 Å². The molecule has 1 saturated carbocycles. The Labute approximate surface area is 104 Å². The number of hydrogen-bond acceptors (Lipinski definition) is 0. The molecule has 0 saturated heterocycles. The predicted octanol–water partition coefficient (Wildman–Crippen LogP) is 4.67. The molecule has 1 aliphatic carbocycles. The Morgan fingerprint density at radius 1 is 0.786 bits per heavy atom. The highest BCUT2D eigenvalue weighted by molar-refractivity contribution is 6.65. The van der Waals surface area contributed by atoms with Crippen LogP contribution < -0.4 is 0 Å². The minimum absolute atomic E-state index is 0.450. The molecular formula is C6H4Cl5F3. The second kappa shape index (κ2) is 3.36. The lowest BCUT2D eigenvalue weighted by molar-refractivity contribution is -0.126. The van der Waals surface area contributed by atoms with Gasteiger partial charge in [-0.05, 0) is 6.42 Å². The molecule has 14 heavy (non-hydrogen) atoms. The van der Waals surface area contributed by atoms with E-state index in [9.17, 15) is 13.2 Å². The van der Waals surface area contributed by atoms with Crippen molar-refractivity contribution in [3.05, 3.63) is 0 Å². The zero-order valence-electron chi connectivity index (χ0n) is 6.44. The highest BCUT2D eigenvalue weighted by atomic mass is 35.5. The van der Waals surface area contributed by atoms with Gasteiger partial charge < -0.3 is 0 Å². The molecule has 0 aliphatic heterocycles. The van der Waals surface area contributed by atoms with Crippen LogP contribution in [0.4, 0.5) is 13.2 Å². The van der Waals surface area contributed by atoms with Crippen LogP contribution in [0.15, 0.2) is 0 Å². The van der Waals surface area contributed by atoms with Crippen LogP contribution in [-0.4, -0.2) is 19.7 Å². The Bertz CT molecular complexity index is 224. The molecule has 0 aromatic carbocycles. The maximum absolute atomic E-state index is 13.5. The van der Waals surface area contributed by atoms with Crippen molar-refractivity contribution < 1.29 is 13.2 Å². The first-order valence-electron chi connectivity index (χ1n) is 3.47. The van der Waals surface area contributed by atoms with Gasteiger partial charge in [0.05, 0.1) is 0 Å². The van der Waals surface area contributed by atoms with E-state index in [2.05, 4.69) is 0 Å². The largest absolute Gasteiger partial charge is 0.298 e. The lowest BCUT2D eigenvalue weighted by atomic mass is 9.92. The molecule has 1 atom stereocenters. The van der Waals surface area contributed by atoms with E-state index in [1.807, 2.05) is 0 Å². The molecule has 0 heterocycles. The van der Waals surface area contributed by atoms with Crippen molar-refractivity contribution in [3.8, 4) is 0 Å². The van der Waals surface area contributed by atoms with E-state index in [4.69, 9.17) is 58.0 Å². The summed E-state index contributed by atoms with van der Waals surface area (Å²) in [5.74, 6) is -3.87. The van der Waals surface area contributed by atoms with Gasteiger partial charge in [0, 0.05) is 6.42 Å². The minimum Gasteiger partial charge on any atom is -0.216 e. The molecule has 1 unspecified atom stereocenters. The van der Waals surface area contributed by atoms with Gasteiger partial charge in [-0.3, -0.25) is 0 Å². The Kier molecular flexibility index (Phi) is 3.20. The highest BCUT2D eigenvalue weighted by Gasteiger charge is 2.75. The van der Waals surface area contributed by atoms with Gasteiger partial charge >= 0.3 is 0 Å². The third-order valence-electron chi connectivity index (χ3n) is 2.07. The maximum Gasteiger partial charge on any atom is 0.298 e. The highest BCUT2D eigenvalue weighted by Crippen LogP contribution is 2.64. The molecule has 1 rings (SSSR count). The van der Waals surface area contributed by atoms with Crippen molar-refractivity contribution in [1.29, 1.82) is 0 Å². The Morgan fingerprint density at radius 2 is 1.21 bits per heavy atom. The average molecular weight is 310 g/mol. The molecular weight excluding hydrogens is 306 g/mol. The third-order valence-corrected chi connectivity index (χ3v) is 5.32. The Morgan fingerprint density at radius 3 is 1.57 bits per heavy atom. The van der Waals surface area contributed by atoms with Crippen LogP contribution in [0.2, 0.25) is 0 Å². The summed E-state index contributed by atoms with van der Waals surface area (Å²) < 4.78 is 34.7. The van der Waals surface area contributed by atoms with E-state index in [1.54, 1.807) is 0 Å². The Balaban J connectivity index is 3.20. The van der Waals surface area contributed by atoms with Crippen molar-refractivity contribution in [2.75, 3.05) is 0 Å². The van der Waals surface area contributed by atoms with Crippen LogP contribution in [-0.2, 0) is 0 Å². The first-order valence-corrected chi connectivity index (χ1v) is 5.36. The quantitative estimate of drug-likeness (QED) is 0.571. The van der Waals surface area contributed by atoms with Gasteiger partial charge in [0.15, 0.2) is 4.33 Å². The van der Waals surface area contributed by atoms with Crippen molar-refractivity contribution in [3.63, 3.8) is 0 Å². The molecule has 1 aliphatic rings. The average Bonchev–Trinajstić information content (AvgIpc) is 1.98. The number of alkyl halides is 8. The van der Waals surface area contributed by atoms with Crippen LogP contribution in [0.5, 0.6) is 0 Å². The minimum atomic E-state index is -3.87. The second-order valence-electron chi connectivity index (χ2n) is 3.06. The van der Waals surface area contributed by atoms with Gasteiger partial charge in [0.1, 0.15) is 0 Å². The third kappa shape index (κ3) is 1.60. The van der Waals surface area contributed by atoms with Gasteiger partial charge in [-0.2, -0.15) is 0 Å². The predicted molar refractivity (Wildman–Crippen MR) is 52.7 cm³/mol. The monoisotopic (exact) mass is 308 g/mol. The topological polar surface area (TPSA) is 0 Å². The van der Waals surface area contributed by atoms with Crippen LogP contribution in [0.3, 0.4) is 0 Å². The van der Waals surface area contributed by atoms with Gasteiger partial charge in [-0.1, -0.05) is 58.0 Å². The van der Waals surface area contributed by atoms with Gasteiger partial charge in [0.2, 0.25) is 4.33 Å². The van der Waals surface area contributed by atoms with E-state index in [0.29, 0.717) is 0 Å². The van der Waals surface area contributed by atoms with Crippen LogP contribution >= 0.6 is 58.0 Å². The molecule has 1 fully saturated rings. The van der Waals surface area contributed by atoms with E-state index >= 15 is 0 Å². The van der Waals surface area contributed by atoms with Crippen molar-refractivity contribution in [2.24, 2.45) is 0 Å². The molecule has 0 N–H and O–H groups in total. The molecule has 0 aromatic rings. The summed E-state index contributed by atoms with van der Waals surface area (Å²) >= 11 is 26.7. The first-order chi connectivity index (χ1) is 5.96. The smallest absolute Gasteiger partial charge is 0.216 e. The number of halogens is 8. The summed E-state index contributed by atoms with van der Waals surface area (Å²) in [5, 5.41) is -3.69. The molecule has 0 amide bonds. The Hall–Kier alpha value is 1.24. The molecule has 0 spiro atoms. The molecule has 0 bridgehead atoms. The molecule has 8 heteroatoms. The zero-order chi connectivity index (χ0) is 11.4. The summed E-state index contributed by atoms with van der Waals surface area (Å²) in [4.78, 5) is 0. The van der Waals surface area contributed by atoms with E-state index in [0.717, 1.165) is 0 Å². The van der Waals surface area contributed by atoms with Crippen molar-refractivity contribution >= 4 is 58.0 Å². The van der Waals surface area contributed by atoms with Gasteiger partial charge in [-0.15, -0.1) is 0 Å². The summed E-state index contributed by atoms with van der Waals surface area (Å²) in [6, 6.07) is 0. The molecule has 0 aromatic heterocycles. The summed E-state index contributed by atoms with van der Waals surface area (Å²) in [7, 11) is 0. The van der Waals surface area contributed by atoms with Crippen molar-refractivity contribution in [1.82, 2.24) is 0 Å². The number of hydrogen-bond donors (Lipinski definition) is 0. The lowest BCUT2D eigenvalue weighted by Crippen LogP contribution is -2.63. The zero-order valence-corrected chi connectivity index (χ0v) is 10.2. The first kappa shape index (κ1) is 13.3. The molecule has 0 radical (unpaired) electrons. The van der Waals surface area contributed by atoms with Crippen LogP contribution in [0.1, 0.15) is 12.8 Å². The fourth-order valence-corrected chi connectivity index (χ4v) is 2.35.